The second kappa shape index (κ2) is 5.95. The summed E-state index contributed by atoms with van der Waals surface area (Å²) in [5.74, 6) is -1.36. The van der Waals surface area contributed by atoms with Gasteiger partial charge in [-0.1, -0.05) is 6.04 Å². The van der Waals surface area contributed by atoms with Gasteiger partial charge in [0.15, 0.2) is 1.41 Å². The highest BCUT2D eigenvalue weighted by atomic mass is 32.2. The lowest BCUT2D eigenvalue weighted by atomic mass is 10.1. The van der Waals surface area contributed by atoms with Gasteiger partial charge in [0, 0.05) is 34.6 Å². The molecule has 0 saturated carbocycles. The number of aromatic nitrogens is 1. The van der Waals surface area contributed by atoms with Gasteiger partial charge in [0.1, 0.15) is 1.41 Å². The summed E-state index contributed by atoms with van der Waals surface area (Å²) in [7, 11) is -3.87. The highest BCUT2D eigenvalue weighted by Crippen LogP contribution is 2.21. The van der Waals surface area contributed by atoms with Crippen LogP contribution in [0.3, 0.4) is 0 Å². The first-order valence-corrected chi connectivity index (χ1v) is 7.03. The average molecular weight is 309 g/mol. The lowest BCUT2D eigenvalue weighted by Gasteiger charge is -2.08. The Bertz CT molecular complexity index is 1220. The number of nitrogens with one attached hydrogen (secondary N) is 2. The molecule has 0 bridgehead atoms. The van der Waals surface area contributed by atoms with Gasteiger partial charge in [0.05, 0.1) is 11.2 Å². The second-order valence-corrected chi connectivity index (χ2v) is 5.66. The van der Waals surface area contributed by atoms with E-state index in [9.17, 15) is 8.42 Å². The minimum Gasteiger partial charge on any atom is -0.361 e. The van der Waals surface area contributed by atoms with E-state index in [-0.39, 0.29) is 4.98 Å². The molecule has 1 aromatic heterocycles. The molecule has 1 heterocycles. The van der Waals surface area contributed by atoms with Crippen LogP contribution in [0.5, 0.6) is 0 Å². The van der Waals surface area contributed by atoms with E-state index < -0.39 is 93.7 Å². The summed E-state index contributed by atoms with van der Waals surface area (Å²) in [6.07, 6.45) is -3.52. The van der Waals surface area contributed by atoms with Crippen LogP contribution in [-0.2, 0) is 22.1 Å². The molecule has 5 nitrogen and oxygen atoms in total. The van der Waals surface area contributed by atoms with Crippen molar-refractivity contribution in [1.82, 2.24) is 14.6 Å². The zero-order valence-electron chi connectivity index (χ0n) is 24.5. The van der Waals surface area contributed by atoms with Crippen LogP contribution in [0.4, 0.5) is 0 Å². The van der Waals surface area contributed by atoms with Crippen LogP contribution in [0.1, 0.15) is 27.6 Å². The number of sulfonamides is 1. The van der Waals surface area contributed by atoms with Crippen molar-refractivity contribution < 1.29 is 27.7 Å². The summed E-state index contributed by atoms with van der Waals surface area (Å²) >= 11 is 0. The van der Waals surface area contributed by atoms with Crippen LogP contribution in [0, 0.1) is 0 Å². The second-order valence-electron chi connectivity index (χ2n) is 4.03. The normalized spacial score (nSPS) is 24.8. The average Bonchev–Trinajstić information content (AvgIpc) is 2.93. The standard InChI is InChI=1S/C14H21N3O2S/c1-15-20(18,19)10-11-4-5-14-13(8-11)12(9-16-14)6-7-17(2)3/h4-5,8-9,15-16H,6-7,10H2,1-3H3/i1D3,2D3,4D,5D,6D2,8D,9D/hD2. The quantitative estimate of drug-likeness (QED) is 0.846. The molecule has 0 fully saturated rings. The maximum absolute atomic E-state index is 12.4. The van der Waals surface area contributed by atoms with Crippen molar-refractivity contribution >= 4 is 20.9 Å². The molecule has 0 radical (unpaired) electrons. The fourth-order valence-corrected chi connectivity index (χ4v) is 2.06. The summed E-state index contributed by atoms with van der Waals surface area (Å²) < 4.78 is 133. The lowest BCUT2D eigenvalue weighted by Crippen LogP contribution is -2.20. The number of H-pyrrole nitrogens is 1. The molecular weight excluding hydrogens is 274 g/mol. The lowest BCUT2D eigenvalue weighted by molar-refractivity contribution is 0.414. The van der Waals surface area contributed by atoms with E-state index in [2.05, 4.69) is 0 Å². The van der Waals surface area contributed by atoms with Crippen molar-refractivity contribution in [3.8, 4) is 0 Å². The van der Waals surface area contributed by atoms with E-state index >= 15 is 0 Å². The molecule has 2 N–H and O–H groups in total. The van der Waals surface area contributed by atoms with E-state index in [4.69, 9.17) is 19.3 Å². The zero-order valence-corrected chi connectivity index (χ0v) is 11.3. The van der Waals surface area contributed by atoms with Gasteiger partial charge in [-0.2, -0.15) is 0 Å². The number of likely N-dealkylation sites (N-methyl/N-ethyl adjacent to an activating group) is 1. The third-order valence-corrected chi connectivity index (χ3v) is 3.26. The SMILES string of the molecule is [2H]c1c(CS(=O)(=O)N([2H])C([2H])([2H])[2H])c([2H])c2c(C([2H])([2H])CN(C)C([2H])([2H])[2H])c([2H])n([2H])c2c1[2H]. The molecule has 20 heavy (non-hydrogen) atoms. The third kappa shape index (κ3) is 3.59. The summed E-state index contributed by atoms with van der Waals surface area (Å²) in [5, 5.41) is -0.555. The number of hydrogen-bond donors (Lipinski definition) is 2. The maximum Gasteiger partial charge on any atom is 0.215 e. The summed E-state index contributed by atoms with van der Waals surface area (Å²) in [5.41, 5.74) is -1.94. The van der Waals surface area contributed by atoms with Crippen LogP contribution < -0.4 is 4.72 Å². The Morgan fingerprint density at radius 1 is 1.65 bits per heavy atom. The maximum atomic E-state index is 12.4. The van der Waals surface area contributed by atoms with Gasteiger partial charge < -0.3 is 9.88 Å². The fraction of sp³-hybridized carbons (Fsp3) is 0.429. The van der Waals surface area contributed by atoms with Gasteiger partial charge in [0.25, 0.3) is 0 Å². The van der Waals surface area contributed by atoms with E-state index in [1.54, 1.807) is 0 Å². The number of benzene rings is 1. The predicted octanol–water partition coefficient (Wildman–Crippen LogP) is 1.32. The van der Waals surface area contributed by atoms with Gasteiger partial charge in [-0.15, -0.1) is 0 Å². The van der Waals surface area contributed by atoms with Crippen molar-refractivity contribution in [2.75, 3.05) is 27.5 Å². The van der Waals surface area contributed by atoms with Crippen molar-refractivity contribution in [2.24, 2.45) is 0 Å². The van der Waals surface area contributed by atoms with E-state index in [0.717, 1.165) is 7.05 Å². The first-order valence-electron chi connectivity index (χ1n) is 12.3. The third-order valence-electron chi connectivity index (χ3n) is 2.33. The van der Waals surface area contributed by atoms with Crippen LogP contribution >= 0.6 is 0 Å². The number of nitrogens with zero attached hydrogens (tertiary/aromatic N) is 1. The Morgan fingerprint density at radius 2 is 2.50 bits per heavy atom. The highest BCUT2D eigenvalue weighted by molar-refractivity contribution is 7.88. The molecule has 2 rings (SSSR count). The van der Waals surface area contributed by atoms with E-state index in [0.29, 0.717) is 4.90 Å². The Morgan fingerprint density at radius 3 is 3.25 bits per heavy atom. The van der Waals surface area contributed by atoms with Crippen LogP contribution in [-0.4, -0.2) is 45.8 Å². The van der Waals surface area contributed by atoms with Crippen LogP contribution in [0.2, 0.25) is 2.82 Å². The minimum atomic E-state index is -4.95. The first kappa shape index (κ1) is 5.12. The summed E-state index contributed by atoms with van der Waals surface area (Å²) in [6.45, 7) is -6.94. The van der Waals surface area contributed by atoms with Crippen molar-refractivity contribution in [1.29, 1.82) is 0 Å². The Balaban J connectivity index is 2.85. The number of aromatic amines is 1. The highest BCUT2D eigenvalue weighted by Gasteiger charge is 2.11. The molecule has 0 aliphatic rings. The molecule has 0 unspecified atom stereocenters. The van der Waals surface area contributed by atoms with Crippen molar-refractivity contribution in [2.45, 2.75) is 12.1 Å². The molecule has 0 saturated heterocycles. The zero-order chi connectivity index (χ0) is 26.8. The summed E-state index contributed by atoms with van der Waals surface area (Å²) in [6, 6.07) is -2.55. The van der Waals surface area contributed by atoms with E-state index in [1.165, 1.54) is 0 Å². The summed E-state index contributed by atoms with van der Waals surface area (Å²) in [4.78, 5) is 0.942. The van der Waals surface area contributed by atoms with Crippen molar-refractivity contribution in [3.05, 3.63) is 35.4 Å². The number of fused-ring (bicyclic) bond motifs is 1. The molecule has 2 aromatic rings. The predicted molar refractivity (Wildman–Crippen MR) is 82.2 cm³/mol. The molecule has 0 aliphatic carbocycles. The van der Waals surface area contributed by atoms with Crippen LogP contribution in [0.15, 0.2) is 24.3 Å². The molecule has 0 spiro atoms. The number of hydrogen-bond acceptors (Lipinski definition) is 3. The Labute approximate surface area is 139 Å². The van der Waals surface area contributed by atoms with Gasteiger partial charge in [-0.3, -0.25) is 0 Å². The molecule has 0 amide bonds. The monoisotopic (exact) mass is 309 g/mol. The topological polar surface area (TPSA) is 65.2 Å². The Hall–Kier alpha value is -1.37. The Kier molecular flexibility index (Phi) is 1.52. The van der Waals surface area contributed by atoms with Gasteiger partial charge in [-0.05, 0) is 50.6 Å². The first-order chi connectivity index (χ1) is 15.1. The fourth-order valence-electron chi connectivity index (χ4n) is 1.48. The number of rotatable bonds is 6. The van der Waals surface area contributed by atoms with Gasteiger partial charge in [-0.25, -0.2) is 13.1 Å². The minimum absolute atomic E-state index is 0.285. The van der Waals surface area contributed by atoms with Gasteiger partial charge in [0.2, 0.25) is 10.0 Å². The molecule has 110 valence electrons. The molecule has 0 aliphatic heterocycles. The van der Waals surface area contributed by atoms with Crippen molar-refractivity contribution in [3.63, 3.8) is 0 Å². The molecule has 1 aromatic carbocycles. The smallest absolute Gasteiger partial charge is 0.215 e. The molecular formula is C14H21N3O2S. The molecule has 6 heteroatoms. The van der Waals surface area contributed by atoms with Crippen LogP contribution in [0.25, 0.3) is 10.9 Å². The van der Waals surface area contributed by atoms with Gasteiger partial charge >= 0.3 is 0 Å². The van der Waals surface area contributed by atoms with E-state index in [1.807, 2.05) is 0 Å². The molecule has 0 atom stereocenters. The largest absolute Gasteiger partial charge is 0.361 e.